The first-order valence-electron chi connectivity index (χ1n) is 14.1. The maximum absolute atomic E-state index is 14.8. The topological polar surface area (TPSA) is 110 Å². The van der Waals surface area contributed by atoms with Gasteiger partial charge in [0.2, 0.25) is 15.7 Å². The van der Waals surface area contributed by atoms with E-state index in [4.69, 9.17) is 9.40 Å². The van der Waals surface area contributed by atoms with Gasteiger partial charge in [0.25, 0.3) is 5.91 Å². The highest BCUT2D eigenvalue weighted by atomic mass is 32.2. The van der Waals surface area contributed by atoms with Crippen LogP contribution in [0.3, 0.4) is 0 Å². The zero-order valence-corrected chi connectivity index (χ0v) is 25.5. The fraction of sp³-hybridized carbons (Fsp3) is 0.182. The summed E-state index contributed by atoms with van der Waals surface area (Å²) < 4.78 is 63.3. The standard InChI is InChI=1S/C33H27F2N5O4S/c1-17-16-40-26-7-5-6-24(35)21(26)15-27(40)29-20(17)12-13-25(37-29)22-14-23-28(32(41)36-2)30(18-8-10-19(34)11-9-18)44-33(23)38-31(22)39(3)45(4,42)43/h5-15,17H,16H2,1-4H3,(H,36,41). The Balaban J connectivity index is 1.51. The molecule has 0 spiro atoms. The van der Waals surface area contributed by atoms with E-state index in [2.05, 4.69) is 17.2 Å². The summed E-state index contributed by atoms with van der Waals surface area (Å²) in [5.41, 5.74) is 4.45. The van der Waals surface area contributed by atoms with Crippen LogP contribution in [0.25, 0.3) is 56.0 Å². The second-order valence-corrected chi connectivity index (χ2v) is 13.2. The molecule has 0 fully saturated rings. The van der Waals surface area contributed by atoms with Crippen molar-refractivity contribution in [3.05, 3.63) is 89.5 Å². The van der Waals surface area contributed by atoms with Gasteiger partial charge in [-0.2, -0.15) is 4.98 Å². The van der Waals surface area contributed by atoms with Crippen LogP contribution in [0.5, 0.6) is 0 Å². The molecule has 1 unspecified atom stereocenters. The lowest BCUT2D eigenvalue weighted by molar-refractivity contribution is 0.0964. The molecule has 1 atom stereocenters. The summed E-state index contributed by atoms with van der Waals surface area (Å²) in [4.78, 5) is 22.9. The highest BCUT2D eigenvalue weighted by Crippen LogP contribution is 2.43. The predicted molar refractivity (Wildman–Crippen MR) is 169 cm³/mol. The van der Waals surface area contributed by atoms with Gasteiger partial charge in [0, 0.05) is 43.1 Å². The Morgan fingerprint density at radius 1 is 1.04 bits per heavy atom. The molecular weight excluding hydrogens is 600 g/mol. The fourth-order valence-corrected chi connectivity index (χ4v) is 6.44. The van der Waals surface area contributed by atoms with Gasteiger partial charge < -0.3 is 14.3 Å². The number of carbonyl (C=O) groups is 1. The summed E-state index contributed by atoms with van der Waals surface area (Å²) in [5, 5.41) is 3.43. The van der Waals surface area contributed by atoms with Crippen LogP contribution in [0.15, 0.2) is 71.1 Å². The number of fused-ring (bicyclic) bond motifs is 6. The first-order chi connectivity index (χ1) is 21.5. The lowest BCUT2D eigenvalue weighted by Gasteiger charge is -2.26. The van der Waals surface area contributed by atoms with Crippen molar-refractivity contribution in [2.75, 3.05) is 24.7 Å². The van der Waals surface area contributed by atoms with Crippen molar-refractivity contribution in [2.45, 2.75) is 19.4 Å². The maximum atomic E-state index is 14.8. The van der Waals surface area contributed by atoms with Crippen molar-refractivity contribution in [3.63, 3.8) is 0 Å². The molecule has 6 aromatic rings. The molecule has 1 aliphatic rings. The summed E-state index contributed by atoms with van der Waals surface area (Å²) in [6.07, 6.45) is 1.06. The predicted octanol–water partition coefficient (Wildman–Crippen LogP) is 6.33. The number of amides is 1. The van der Waals surface area contributed by atoms with Gasteiger partial charge in [-0.1, -0.05) is 19.1 Å². The van der Waals surface area contributed by atoms with Gasteiger partial charge in [0.15, 0.2) is 5.82 Å². The van der Waals surface area contributed by atoms with Gasteiger partial charge in [-0.3, -0.25) is 9.10 Å². The number of hydrogen-bond acceptors (Lipinski definition) is 6. The van der Waals surface area contributed by atoms with Crippen LogP contribution in [0.4, 0.5) is 14.6 Å². The summed E-state index contributed by atoms with van der Waals surface area (Å²) in [6, 6.07) is 17.6. The number of nitrogens with one attached hydrogen (secondary N) is 1. The third-order valence-corrected chi connectivity index (χ3v) is 9.51. The van der Waals surface area contributed by atoms with Crippen LogP contribution < -0.4 is 9.62 Å². The summed E-state index contributed by atoms with van der Waals surface area (Å²) >= 11 is 0. The largest absolute Gasteiger partial charge is 0.437 e. The Hall–Kier alpha value is -5.10. The molecule has 1 amide bonds. The molecular formula is C33H27F2N5O4S. The number of halogens is 2. The molecule has 0 radical (unpaired) electrons. The van der Waals surface area contributed by atoms with E-state index in [9.17, 15) is 22.0 Å². The average Bonchev–Trinajstić information content (AvgIpc) is 3.59. The van der Waals surface area contributed by atoms with Gasteiger partial charge in [-0.15, -0.1) is 0 Å². The molecule has 0 saturated heterocycles. The summed E-state index contributed by atoms with van der Waals surface area (Å²) in [7, 11) is -0.950. The lowest BCUT2D eigenvalue weighted by atomic mass is 9.93. The van der Waals surface area contributed by atoms with Gasteiger partial charge in [-0.05, 0) is 60.2 Å². The third kappa shape index (κ3) is 4.55. The van der Waals surface area contributed by atoms with E-state index in [0.717, 1.165) is 27.3 Å². The number of furan rings is 1. The molecule has 228 valence electrons. The van der Waals surface area contributed by atoms with E-state index in [1.54, 1.807) is 24.3 Å². The van der Waals surface area contributed by atoms with E-state index < -0.39 is 21.7 Å². The zero-order chi connectivity index (χ0) is 31.8. The van der Waals surface area contributed by atoms with Crippen molar-refractivity contribution in [1.82, 2.24) is 19.9 Å². The van der Waals surface area contributed by atoms with Crippen LogP contribution in [-0.2, 0) is 16.6 Å². The number of pyridine rings is 2. The second-order valence-electron chi connectivity index (χ2n) is 11.2. The Morgan fingerprint density at radius 3 is 2.51 bits per heavy atom. The van der Waals surface area contributed by atoms with E-state index in [0.29, 0.717) is 39.8 Å². The van der Waals surface area contributed by atoms with E-state index in [-0.39, 0.29) is 34.6 Å². The van der Waals surface area contributed by atoms with Gasteiger partial charge >= 0.3 is 0 Å². The first kappa shape index (κ1) is 28.7. The Morgan fingerprint density at radius 2 is 1.80 bits per heavy atom. The minimum absolute atomic E-state index is 0.0179. The molecule has 2 aromatic carbocycles. The monoisotopic (exact) mass is 627 g/mol. The molecule has 12 heteroatoms. The second kappa shape index (κ2) is 10.2. The maximum Gasteiger partial charge on any atom is 0.255 e. The number of carbonyl (C=O) groups excluding carboxylic acids is 1. The molecule has 9 nitrogen and oxygen atoms in total. The Bertz CT molecular complexity index is 2290. The lowest BCUT2D eigenvalue weighted by Crippen LogP contribution is -2.26. The minimum atomic E-state index is -3.80. The number of anilines is 1. The first-order valence-corrected chi connectivity index (χ1v) is 16.0. The van der Waals surface area contributed by atoms with E-state index >= 15 is 0 Å². The van der Waals surface area contributed by atoms with Crippen molar-refractivity contribution in [1.29, 1.82) is 0 Å². The quantitative estimate of drug-likeness (QED) is 0.239. The number of hydrogen-bond donors (Lipinski definition) is 1. The summed E-state index contributed by atoms with van der Waals surface area (Å²) in [5.74, 6) is -0.993. The van der Waals surface area contributed by atoms with Crippen molar-refractivity contribution >= 4 is 43.8 Å². The number of rotatable bonds is 5. The molecule has 45 heavy (non-hydrogen) atoms. The number of sulfonamides is 1. The zero-order valence-electron chi connectivity index (χ0n) is 24.7. The molecule has 5 heterocycles. The van der Waals surface area contributed by atoms with Gasteiger partial charge in [0.05, 0.1) is 39.8 Å². The normalized spacial score (nSPS) is 14.4. The van der Waals surface area contributed by atoms with E-state index in [1.165, 1.54) is 44.4 Å². The van der Waals surface area contributed by atoms with Gasteiger partial charge in [0.1, 0.15) is 17.4 Å². The van der Waals surface area contributed by atoms with Crippen LogP contribution in [0, 0.1) is 11.6 Å². The third-order valence-electron chi connectivity index (χ3n) is 8.34. The van der Waals surface area contributed by atoms with Crippen LogP contribution in [-0.4, -0.2) is 49.2 Å². The SMILES string of the molecule is CNC(=O)c1c(-c2ccc(F)cc2)oc2nc(N(C)S(C)(=O)=O)c(-c3ccc4c(n3)-c3cc5c(F)cccc5n3CC4C)cc12. The molecule has 1 aliphatic heterocycles. The van der Waals surface area contributed by atoms with Crippen LogP contribution in [0.2, 0.25) is 0 Å². The van der Waals surface area contributed by atoms with Crippen molar-refractivity contribution < 1.29 is 26.4 Å². The number of nitrogens with zero attached hydrogens (tertiary/aromatic N) is 4. The molecule has 1 N–H and O–H groups in total. The number of benzene rings is 2. The molecule has 0 aliphatic carbocycles. The molecule has 0 bridgehead atoms. The van der Waals surface area contributed by atoms with E-state index in [1.807, 2.05) is 16.7 Å². The molecule has 4 aromatic heterocycles. The Kier molecular flexibility index (Phi) is 6.52. The Labute approximate surface area is 257 Å². The van der Waals surface area contributed by atoms with Gasteiger partial charge in [-0.25, -0.2) is 22.2 Å². The molecule has 7 rings (SSSR count). The number of aromatic nitrogens is 3. The average molecular weight is 628 g/mol. The van der Waals surface area contributed by atoms with Crippen LogP contribution >= 0.6 is 0 Å². The highest BCUT2D eigenvalue weighted by molar-refractivity contribution is 7.92. The summed E-state index contributed by atoms with van der Waals surface area (Å²) in [6.45, 7) is 2.71. The minimum Gasteiger partial charge on any atom is -0.437 e. The fourth-order valence-electron chi connectivity index (χ4n) is 5.99. The van der Waals surface area contributed by atoms with Crippen LogP contribution in [0.1, 0.15) is 28.8 Å². The molecule has 0 saturated carbocycles. The van der Waals surface area contributed by atoms with Crippen molar-refractivity contribution in [2.24, 2.45) is 0 Å². The smallest absolute Gasteiger partial charge is 0.255 e. The van der Waals surface area contributed by atoms with Crippen molar-refractivity contribution in [3.8, 4) is 34.0 Å². The highest BCUT2D eigenvalue weighted by Gasteiger charge is 2.30.